The molecule has 24 heavy (non-hydrogen) atoms. The van der Waals surface area contributed by atoms with Gasteiger partial charge in [0.1, 0.15) is 4.90 Å². The van der Waals surface area contributed by atoms with Gasteiger partial charge in [-0.15, -0.1) is 0 Å². The van der Waals surface area contributed by atoms with E-state index in [1.807, 2.05) is 6.92 Å². The largest absolute Gasteiger partial charge is 0.478 e. The van der Waals surface area contributed by atoms with E-state index in [0.717, 1.165) is 0 Å². The molecular weight excluding hydrogens is 336 g/mol. The van der Waals surface area contributed by atoms with Crippen molar-refractivity contribution in [1.82, 2.24) is 19.4 Å². The highest BCUT2D eigenvalue weighted by atomic mass is 32.2. The standard InChI is InChI=1S/C14H18N4O5S/c1-3-22-12-5-4-11(8-15-12)24(20,21)18-7-6-14(19,9-18)13-16-10(2)17-23-13/h4-5,8,19H,3,6-7,9H2,1-2H3/t14-/m0/s1. The quantitative estimate of drug-likeness (QED) is 0.822. The first-order valence-electron chi connectivity index (χ1n) is 7.47. The van der Waals surface area contributed by atoms with Crippen molar-refractivity contribution in [1.29, 1.82) is 0 Å². The third kappa shape index (κ3) is 2.99. The smallest absolute Gasteiger partial charge is 0.260 e. The Labute approximate surface area is 139 Å². The summed E-state index contributed by atoms with van der Waals surface area (Å²) in [6.07, 6.45) is 1.42. The first-order chi connectivity index (χ1) is 11.3. The molecule has 0 bridgehead atoms. The number of aromatic nitrogens is 3. The van der Waals surface area contributed by atoms with Gasteiger partial charge >= 0.3 is 0 Å². The number of hydrogen-bond donors (Lipinski definition) is 1. The molecular formula is C14H18N4O5S. The van der Waals surface area contributed by atoms with Gasteiger partial charge in [-0.1, -0.05) is 5.16 Å². The SMILES string of the molecule is CCOc1ccc(S(=O)(=O)N2CC[C@@](O)(c3nc(C)no3)C2)cn1. The molecule has 1 N–H and O–H groups in total. The second-order valence-corrected chi connectivity index (χ2v) is 7.47. The average molecular weight is 354 g/mol. The van der Waals surface area contributed by atoms with E-state index in [1.54, 1.807) is 6.92 Å². The van der Waals surface area contributed by atoms with E-state index in [4.69, 9.17) is 9.26 Å². The summed E-state index contributed by atoms with van der Waals surface area (Å²) in [5, 5.41) is 14.3. The lowest BCUT2D eigenvalue weighted by Crippen LogP contribution is -2.34. The van der Waals surface area contributed by atoms with Crippen LogP contribution in [-0.2, 0) is 15.6 Å². The van der Waals surface area contributed by atoms with Crippen LogP contribution in [0.15, 0.2) is 27.7 Å². The third-order valence-electron chi connectivity index (χ3n) is 3.78. The molecule has 10 heteroatoms. The Hall–Kier alpha value is -2.04. The monoisotopic (exact) mass is 354 g/mol. The number of nitrogens with zero attached hydrogens (tertiary/aromatic N) is 4. The molecule has 1 atom stereocenters. The number of rotatable bonds is 5. The predicted molar refractivity (Wildman–Crippen MR) is 81.7 cm³/mol. The summed E-state index contributed by atoms with van der Waals surface area (Å²) < 4.78 is 36.8. The maximum atomic E-state index is 12.7. The molecule has 1 aliphatic heterocycles. The van der Waals surface area contributed by atoms with Gasteiger partial charge in [-0.25, -0.2) is 13.4 Å². The maximum absolute atomic E-state index is 12.7. The van der Waals surface area contributed by atoms with Crippen LogP contribution < -0.4 is 4.74 Å². The van der Waals surface area contributed by atoms with Crippen LogP contribution in [0.1, 0.15) is 25.1 Å². The third-order valence-corrected chi connectivity index (χ3v) is 5.61. The van der Waals surface area contributed by atoms with Crippen molar-refractivity contribution >= 4 is 10.0 Å². The topological polar surface area (TPSA) is 119 Å². The molecule has 1 fully saturated rings. The van der Waals surface area contributed by atoms with Crippen molar-refractivity contribution < 1.29 is 22.8 Å². The molecule has 0 aliphatic carbocycles. The summed E-state index contributed by atoms with van der Waals surface area (Å²) in [5.41, 5.74) is -1.48. The second-order valence-electron chi connectivity index (χ2n) is 5.53. The predicted octanol–water partition coefficient (Wildman–Crippen LogP) is 0.454. The number of β-amino-alcohol motifs (C(OH)–C–C–N with tert-alkyl or cyclic N) is 1. The highest BCUT2D eigenvalue weighted by Gasteiger charge is 2.46. The lowest BCUT2D eigenvalue weighted by Gasteiger charge is -2.19. The number of sulfonamides is 1. The lowest BCUT2D eigenvalue weighted by atomic mass is 10.0. The Bertz CT molecular complexity index is 820. The number of aliphatic hydroxyl groups is 1. The van der Waals surface area contributed by atoms with Crippen molar-refractivity contribution in [2.24, 2.45) is 0 Å². The van der Waals surface area contributed by atoms with E-state index in [0.29, 0.717) is 18.3 Å². The van der Waals surface area contributed by atoms with Crippen molar-refractivity contribution in [3.05, 3.63) is 30.0 Å². The van der Waals surface area contributed by atoms with Crippen molar-refractivity contribution in [3.8, 4) is 5.88 Å². The Kier molecular flexibility index (Phi) is 4.28. The highest BCUT2D eigenvalue weighted by molar-refractivity contribution is 7.89. The molecule has 9 nitrogen and oxygen atoms in total. The van der Waals surface area contributed by atoms with E-state index in [-0.39, 0.29) is 30.3 Å². The number of ether oxygens (including phenoxy) is 1. The molecule has 130 valence electrons. The minimum absolute atomic E-state index is 0.0301. The minimum atomic E-state index is -3.78. The van der Waals surface area contributed by atoms with Crippen molar-refractivity contribution in [2.75, 3.05) is 19.7 Å². The fourth-order valence-corrected chi connectivity index (χ4v) is 3.97. The molecule has 0 aromatic carbocycles. The van der Waals surface area contributed by atoms with Gasteiger partial charge in [-0.2, -0.15) is 9.29 Å². The summed E-state index contributed by atoms with van der Waals surface area (Å²) in [4.78, 5) is 8.02. The van der Waals surface area contributed by atoms with E-state index < -0.39 is 15.6 Å². The summed E-state index contributed by atoms with van der Waals surface area (Å²) in [7, 11) is -3.78. The van der Waals surface area contributed by atoms with E-state index in [1.165, 1.54) is 22.6 Å². The van der Waals surface area contributed by atoms with Crippen LogP contribution in [0, 0.1) is 6.92 Å². The van der Waals surface area contributed by atoms with Crippen LogP contribution in [0.25, 0.3) is 0 Å². The van der Waals surface area contributed by atoms with Gasteiger partial charge in [-0.3, -0.25) is 0 Å². The van der Waals surface area contributed by atoms with Crippen LogP contribution in [0.2, 0.25) is 0 Å². The summed E-state index contributed by atoms with van der Waals surface area (Å²) >= 11 is 0. The Morgan fingerprint density at radius 3 is 2.83 bits per heavy atom. The number of hydrogen-bond acceptors (Lipinski definition) is 8. The summed E-state index contributed by atoms with van der Waals surface area (Å²) in [5.74, 6) is 0.772. The zero-order valence-electron chi connectivity index (χ0n) is 13.3. The number of pyridine rings is 1. The molecule has 0 unspecified atom stereocenters. The lowest BCUT2D eigenvalue weighted by molar-refractivity contribution is 0.0194. The van der Waals surface area contributed by atoms with Gasteiger partial charge in [0.2, 0.25) is 15.9 Å². The normalized spacial score (nSPS) is 22.0. The Morgan fingerprint density at radius 2 is 2.25 bits per heavy atom. The fourth-order valence-electron chi connectivity index (χ4n) is 2.53. The Morgan fingerprint density at radius 1 is 1.46 bits per heavy atom. The first kappa shape index (κ1) is 16.8. The molecule has 2 aromatic heterocycles. The summed E-state index contributed by atoms with van der Waals surface area (Å²) in [6, 6.07) is 2.93. The van der Waals surface area contributed by atoms with E-state index in [2.05, 4.69) is 15.1 Å². The Balaban J connectivity index is 1.81. The van der Waals surface area contributed by atoms with Crippen molar-refractivity contribution in [3.63, 3.8) is 0 Å². The molecule has 0 spiro atoms. The van der Waals surface area contributed by atoms with Crippen LogP contribution in [0.5, 0.6) is 5.88 Å². The molecule has 2 aromatic rings. The van der Waals surface area contributed by atoms with Gasteiger partial charge in [0.05, 0.1) is 19.3 Å². The molecule has 0 saturated carbocycles. The zero-order chi connectivity index (χ0) is 17.4. The maximum Gasteiger partial charge on any atom is 0.260 e. The second kappa shape index (κ2) is 6.11. The van der Waals surface area contributed by atoms with Gasteiger partial charge < -0.3 is 14.4 Å². The number of aryl methyl sites for hydroxylation is 1. The molecule has 1 aliphatic rings. The first-order valence-corrected chi connectivity index (χ1v) is 8.91. The highest BCUT2D eigenvalue weighted by Crippen LogP contribution is 2.34. The zero-order valence-corrected chi connectivity index (χ0v) is 14.2. The van der Waals surface area contributed by atoms with Gasteiger partial charge in [0.25, 0.3) is 5.89 Å². The van der Waals surface area contributed by atoms with Crippen molar-refractivity contribution in [2.45, 2.75) is 30.8 Å². The molecule has 0 radical (unpaired) electrons. The van der Waals surface area contributed by atoms with E-state index >= 15 is 0 Å². The van der Waals surface area contributed by atoms with Crippen LogP contribution >= 0.6 is 0 Å². The minimum Gasteiger partial charge on any atom is -0.478 e. The van der Waals surface area contributed by atoms with Crippen LogP contribution in [-0.4, -0.2) is 52.7 Å². The van der Waals surface area contributed by atoms with Crippen LogP contribution in [0.3, 0.4) is 0 Å². The van der Waals surface area contributed by atoms with E-state index in [9.17, 15) is 13.5 Å². The van der Waals surface area contributed by atoms with Gasteiger partial charge in [0, 0.05) is 19.0 Å². The van der Waals surface area contributed by atoms with Gasteiger partial charge in [-0.05, 0) is 19.9 Å². The van der Waals surface area contributed by atoms with Crippen LogP contribution in [0.4, 0.5) is 0 Å². The molecule has 3 rings (SSSR count). The molecule has 0 amide bonds. The van der Waals surface area contributed by atoms with Gasteiger partial charge in [0.15, 0.2) is 11.4 Å². The fraction of sp³-hybridized carbons (Fsp3) is 0.500. The average Bonchev–Trinajstić information content (AvgIpc) is 3.16. The summed E-state index contributed by atoms with van der Waals surface area (Å²) in [6.45, 7) is 3.89. The molecule has 1 saturated heterocycles. The molecule has 3 heterocycles.